The van der Waals surface area contributed by atoms with Crippen LogP contribution in [-0.4, -0.2) is 22.6 Å². The van der Waals surface area contributed by atoms with Crippen LogP contribution < -0.4 is 10.6 Å². The molecule has 0 aliphatic heterocycles. The van der Waals surface area contributed by atoms with E-state index in [1.54, 1.807) is 0 Å². The van der Waals surface area contributed by atoms with Crippen LogP contribution in [0.5, 0.6) is 0 Å². The van der Waals surface area contributed by atoms with E-state index in [0.717, 1.165) is 12.1 Å². The average Bonchev–Trinajstić information content (AvgIpc) is 2.46. The van der Waals surface area contributed by atoms with Gasteiger partial charge in [0.2, 0.25) is 0 Å². The predicted octanol–water partition coefficient (Wildman–Crippen LogP) is 2.39. The molecule has 3 N–H and O–H groups in total. The first-order valence-electron chi connectivity index (χ1n) is 6.39. The van der Waals surface area contributed by atoms with Gasteiger partial charge >= 0.3 is 5.97 Å². The summed E-state index contributed by atoms with van der Waals surface area (Å²) in [6, 6.07) is 11.4. The summed E-state index contributed by atoms with van der Waals surface area (Å²) in [5.41, 5.74) is 7.55. The largest absolute Gasteiger partial charge is 0.478 e. The molecule has 0 atom stereocenters. The van der Waals surface area contributed by atoms with Crippen molar-refractivity contribution >= 4 is 17.5 Å². The Morgan fingerprint density at radius 2 is 2.05 bits per heavy atom. The molecule has 5 nitrogen and oxygen atoms in total. The molecule has 1 aromatic carbocycles. The van der Waals surface area contributed by atoms with E-state index in [0.29, 0.717) is 18.1 Å². The number of hydrogen-bond donors (Lipinski definition) is 2. The highest BCUT2D eigenvalue weighted by atomic mass is 16.4. The quantitative estimate of drug-likeness (QED) is 0.872. The monoisotopic (exact) mass is 271 g/mol. The van der Waals surface area contributed by atoms with Gasteiger partial charge in [-0.1, -0.05) is 30.3 Å². The Hall–Kier alpha value is -2.56. The maximum Gasteiger partial charge on any atom is 0.337 e. The molecule has 0 saturated carbocycles. The van der Waals surface area contributed by atoms with Gasteiger partial charge in [-0.15, -0.1) is 0 Å². The van der Waals surface area contributed by atoms with Crippen LogP contribution >= 0.6 is 0 Å². The minimum Gasteiger partial charge on any atom is -0.478 e. The van der Waals surface area contributed by atoms with Gasteiger partial charge in [0.1, 0.15) is 0 Å². The molecule has 0 fully saturated rings. The molecule has 0 aliphatic rings. The fraction of sp³-hybridized carbons (Fsp3) is 0.200. The molecular formula is C15H17N3O2. The molecule has 20 heavy (non-hydrogen) atoms. The van der Waals surface area contributed by atoms with Gasteiger partial charge in [0.05, 0.1) is 11.3 Å². The molecule has 0 aliphatic carbocycles. The lowest BCUT2D eigenvalue weighted by molar-refractivity contribution is 0.0696. The standard InChI is InChI=1S/C15H17N3O2/c1-2-18(10-11-6-4-3-5-7-11)14-13(16)8-12(9-17-14)15(19)20/h3-9H,2,10,16H2,1H3,(H,19,20). The topological polar surface area (TPSA) is 79.5 Å². The van der Waals surface area contributed by atoms with Gasteiger partial charge in [0.25, 0.3) is 0 Å². The van der Waals surface area contributed by atoms with Crippen molar-refractivity contribution in [3.8, 4) is 0 Å². The van der Waals surface area contributed by atoms with Crippen molar-refractivity contribution in [2.24, 2.45) is 0 Å². The molecule has 0 radical (unpaired) electrons. The number of nitrogen functional groups attached to an aromatic ring is 1. The first kappa shape index (κ1) is 13.9. The fourth-order valence-electron chi connectivity index (χ4n) is 2.00. The van der Waals surface area contributed by atoms with Gasteiger partial charge in [-0.3, -0.25) is 0 Å². The summed E-state index contributed by atoms with van der Waals surface area (Å²) >= 11 is 0. The summed E-state index contributed by atoms with van der Waals surface area (Å²) in [5.74, 6) is -0.414. The van der Waals surface area contributed by atoms with E-state index in [2.05, 4.69) is 4.98 Å². The fourth-order valence-corrected chi connectivity index (χ4v) is 2.00. The third kappa shape index (κ3) is 3.06. The van der Waals surface area contributed by atoms with Gasteiger partial charge in [0.15, 0.2) is 5.82 Å². The van der Waals surface area contributed by atoms with Crippen LogP contribution in [0, 0.1) is 0 Å². The third-order valence-corrected chi connectivity index (χ3v) is 3.04. The first-order valence-corrected chi connectivity index (χ1v) is 6.39. The minimum absolute atomic E-state index is 0.0991. The summed E-state index contributed by atoms with van der Waals surface area (Å²) in [4.78, 5) is 17.1. The van der Waals surface area contributed by atoms with E-state index in [4.69, 9.17) is 10.8 Å². The average molecular weight is 271 g/mol. The molecule has 0 spiro atoms. The number of benzene rings is 1. The maximum atomic E-state index is 10.9. The number of pyridine rings is 1. The molecule has 0 unspecified atom stereocenters. The molecule has 0 amide bonds. The van der Waals surface area contributed by atoms with Crippen LogP contribution in [-0.2, 0) is 6.54 Å². The molecule has 1 heterocycles. The highest BCUT2D eigenvalue weighted by Crippen LogP contribution is 2.22. The Morgan fingerprint density at radius 1 is 1.35 bits per heavy atom. The maximum absolute atomic E-state index is 10.9. The van der Waals surface area contributed by atoms with Crippen molar-refractivity contribution < 1.29 is 9.90 Å². The van der Waals surface area contributed by atoms with E-state index in [9.17, 15) is 4.79 Å². The van der Waals surface area contributed by atoms with Gasteiger partial charge in [-0.2, -0.15) is 0 Å². The number of hydrogen-bond acceptors (Lipinski definition) is 4. The number of aromatic nitrogens is 1. The highest BCUT2D eigenvalue weighted by Gasteiger charge is 2.13. The van der Waals surface area contributed by atoms with E-state index in [1.807, 2.05) is 42.2 Å². The Labute approximate surface area is 117 Å². The van der Waals surface area contributed by atoms with Crippen molar-refractivity contribution in [3.05, 3.63) is 53.7 Å². The Morgan fingerprint density at radius 3 is 2.60 bits per heavy atom. The number of carboxylic acid groups (broad SMARTS) is 1. The van der Waals surface area contributed by atoms with Crippen LogP contribution in [0.1, 0.15) is 22.8 Å². The van der Waals surface area contributed by atoms with E-state index in [-0.39, 0.29) is 5.56 Å². The van der Waals surface area contributed by atoms with E-state index >= 15 is 0 Å². The lowest BCUT2D eigenvalue weighted by atomic mass is 10.2. The number of anilines is 2. The lowest BCUT2D eigenvalue weighted by Crippen LogP contribution is -2.24. The molecule has 2 aromatic rings. The van der Waals surface area contributed by atoms with Crippen LogP contribution in [0.15, 0.2) is 42.6 Å². The molecule has 0 saturated heterocycles. The van der Waals surface area contributed by atoms with Gasteiger partial charge < -0.3 is 15.7 Å². The van der Waals surface area contributed by atoms with Crippen molar-refractivity contribution in [2.75, 3.05) is 17.2 Å². The predicted molar refractivity (Wildman–Crippen MR) is 78.8 cm³/mol. The van der Waals surface area contributed by atoms with Crippen LogP contribution in [0.25, 0.3) is 0 Å². The van der Waals surface area contributed by atoms with E-state index < -0.39 is 5.97 Å². The van der Waals surface area contributed by atoms with Crippen LogP contribution in [0.4, 0.5) is 11.5 Å². The summed E-state index contributed by atoms with van der Waals surface area (Å²) in [5, 5.41) is 8.92. The summed E-state index contributed by atoms with van der Waals surface area (Å²) in [6.07, 6.45) is 1.34. The second kappa shape index (κ2) is 6.06. The smallest absolute Gasteiger partial charge is 0.337 e. The number of carbonyl (C=O) groups is 1. The summed E-state index contributed by atoms with van der Waals surface area (Å²) in [6.45, 7) is 3.43. The molecule has 1 aromatic heterocycles. The second-order valence-electron chi connectivity index (χ2n) is 4.44. The Balaban J connectivity index is 2.26. The van der Waals surface area contributed by atoms with Crippen LogP contribution in [0.2, 0.25) is 0 Å². The Bertz CT molecular complexity index is 599. The van der Waals surface area contributed by atoms with Crippen molar-refractivity contribution in [1.82, 2.24) is 4.98 Å². The van der Waals surface area contributed by atoms with Crippen molar-refractivity contribution in [3.63, 3.8) is 0 Å². The van der Waals surface area contributed by atoms with Crippen molar-refractivity contribution in [2.45, 2.75) is 13.5 Å². The zero-order chi connectivity index (χ0) is 14.5. The molecule has 104 valence electrons. The minimum atomic E-state index is -1.03. The van der Waals surface area contributed by atoms with Gasteiger partial charge in [0, 0.05) is 19.3 Å². The number of carboxylic acids is 1. The first-order chi connectivity index (χ1) is 9.61. The number of aromatic carboxylic acids is 1. The normalized spacial score (nSPS) is 10.2. The van der Waals surface area contributed by atoms with Gasteiger partial charge in [-0.25, -0.2) is 9.78 Å². The third-order valence-electron chi connectivity index (χ3n) is 3.04. The zero-order valence-electron chi connectivity index (χ0n) is 11.3. The molecule has 0 bridgehead atoms. The Kier molecular flexibility index (Phi) is 4.20. The number of nitrogens with two attached hydrogens (primary N) is 1. The lowest BCUT2D eigenvalue weighted by Gasteiger charge is -2.23. The molecular weight excluding hydrogens is 254 g/mol. The number of nitrogens with zero attached hydrogens (tertiary/aromatic N) is 2. The summed E-state index contributed by atoms with van der Waals surface area (Å²) in [7, 11) is 0. The van der Waals surface area contributed by atoms with E-state index in [1.165, 1.54) is 12.3 Å². The SMILES string of the molecule is CCN(Cc1ccccc1)c1ncc(C(=O)O)cc1N. The number of rotatable bonds is 5. The summed E-state index contributed by atoms with van der Waals surface area (Å²) < 4.78 is 0. The second-order valence-corrected chi connectivity index (χ2v) is 4.44. The van der Waals surface area contributed by atoms with Crippen molar-refractivity contribution in [1.29, 1.82) is 0 Å². The van der Waals surface area contributed by atoms with Gasteiger partial charge in [-0.05, 0) is 18.6 Å². The highest BCUT2D eigenvalue weighted by molar-refractivity contribution is 5.89. The zero-order valence-corrected chi connectivity index (χ0v) is 11.3. The van der Waals surface area contributed by atoms with Crippen LogP contribution in [0.3, 0.4) is 0 Å². The molecule has 2 rings (SSSR count). The molecule has 5 heteroatoms.